The van der Waals surface area contributed by atoms with E-state index < -0.39 is 0 Å². The van der Waals surface area contributed by atoms with Crippen molar-refractivity contribution in [2.24, 2.45) is 0 Å². The van der Waals surface area contributed by atoms with E-state index in [9.17, 15) is 4.79 Å². The molecule has 1 nitrogen and oxygen atoms in total. The molecular formula is C25H26Fe2OS+4. The molecule has 0 heterocycles. The molecule has 4 rings (SSSR count). The first-order valence-corrected chi connectivity index (χ1v) is 10.00. The third-order valence-corrected chi connectivity index (χ3v) is 4.85. The summed E-state index contributed by atoms with van der Waals surface area (Å²) in [5.41, 5.74) is 0. The van der Waals surface area contributed by atoms with Crippen molar-refractivity contribution >= 4 is 17.5 Å². The summed E-state index contributed by atoms with van der Waals surface area (Å²) in [6, 6.07) is 0. The van der Waals surface area contributed by atoms with Crippen molar-refractivity contribution in [2.75, 3.05) is 0 Å². The maximum absolute atomic E-state index is 12.4. The van der Waals surface area contributed by atoms with Crippen LogP contribution in [-0.2, 0) is 38.9 Å². The van der Waals surface area contributed by atoms with Crippen LogP contribution in [0.5, 0.6) is 0 Å². The van der Waals surface area contributed by atoms with E-state index in [0.29, 0.717) is 5.25 Å². The summed E-state index contributed by atoms with van der Waals surface area (Å²) in [5, 5.41) is 1.58. The predicted octanol–water partition coefficient (Wildman–Crippen LogP) is 5.26. The number of rotatable bonds is 4. The summed E-state index contributed by atoms with van der Waals surface area (Å²) in [4.78, 5) is 12.4. The van der Waals surface area contributed by atoms with E-state index >= 15 is 0 Å². The zero-order chi connectivity index (χ0) is 19.5. The third-order valence-electron chi connectivity index (χ3n) is 3.77. The van der Waals surface area contributed by atoms with Gasteiger partial charge in [-0.05, 0) is 114 Å². The SMILES string of the molecule is C[C]1[CH][CH][CH][C]1C(=O)[C]1[CH][CH][CH][C]1SC(C)C.[CH]1[CH][CH][CH][CH]1.[CH]1[CH][CH][CH][CH]1.[Fe+2].[Fe+2]. The zero-order valence-corrected chi connectivity index (χ0v) is 19.9. The molecule has 0 aromatic carbocycles. The molecule has 4 heteroatoms. The van der Waals surface area contributed by atoms with Crippen LogP contribution in [-0.4, -0.2) is 11.0 Å². The second-order valence-corrected chi connectivity index (χ2v) is 7.96. The molecule has 0 aromatic rings. The van der Waals surface area contributed by atoms with Gasteiger partial charge >= 0.3 is 34.1 Å². The first kappa shape index (κ1) is 30.1. The van der Waals surface area contributed by atoms with E-state index in [1.807, 2.05) is 110 Å². The Hall–Kier alpha value is 1.06. The Bertz CT molecular complexity index is 382. The molecule has 29 heavy (non-hydrogen) atoms. The Morgan fingerprint density at radius 3 is 1.45 bits per heavy atom. The molecule has 0 aliphatic heterocycles. The van der Waals surface area contributed by atoms with Crippen molar-refractivity contribution in [3.8, 4) is 0 Å². The average Bonchev–Trinajstić information content (AvgIpc) is 3.42. The maximum Gasteiger partial charge on any atom is 2.00 e. The van der Waals surface area contributed by atoms with Crippen LogP contribution in [0.25, 0.3) is 0 Å². The van der Waals surface area contributed by atoms with Gasteiger partial charge in [0.25, 0.3) is 0 Å². The van der Waals surface area contributed by atoms with Crippen LogP contribution in [0.3, 0.4) is 0 Å². The molecule has 0 atom stereocenters. The summed E-state index contributed by atoms with van der Waals surface area (Å²) in [5.74, 6) is 2.84. The first-order valence-electron chi connectivity index (χ1n) is 9.12. The molecular weight excluding hydrogens is 460 g/mol. The van der Waals surface area contributed by atoms with Crippen LogP contribution in [0.2, 0.25) is 0 Å². The van der Waals surface area contributed by atoms with E-state index in [2.05, 4.69) is 13.8 Å². The smallest absolute Gasteiger partial charge is 0.298 e. The van der Waals surface area contributed by atoms with Crippen LogP contribution < -0.4 is 0 Å². The Balaban J connectivity index is 0.000000537. The molecule has 0 aromatic heterocycles. The minimum atomic E-state index is 0. The summed E-state index contributed by atoms with van der Waals surface area (Å²) in [6.45, 7) is 6.25. The fourth-order valence-electron chi connectivity index (χ4n) is 2.50. The molecule has 0 saturated heterocycles. The van der Waals surface area contributed by atoms with Crippen LogP contribution in [0.4, 0.5) is 0 Å². The van der Waals surface area contributed by atoms with Gasteiger partial charge in [-0.25, -0.2) is 0 Å². The van der Waals surface area contributed by atoms with Gasteiger partial charge in [0.1, 0.15) is 5.78 Å². The molecule has 0 N–H and O–H groups in total. The quantitative estimate of drug-likeness (QED) is 0.505. The number of carbonyl (C=O) groups is 1. The molecule has 4 fully saturated rings. The Kier molecular flexibility index (Phi) is 18.2. The number of hydrogen-bond donors (Lipinski definition) is 0. The fourth-order valence-corrected chi connectivity index (χ4v) is 3.45. The van der Waals surface area contributed by atoms with Crippen molar-refractivity contribution in [3.05, 3.63) is 126 Å². The number of carbonyl (C=O) groups excluding carboxylic acids is 1. The monoisotopic (exact) mass is 486 g/mol. The van der Waals surface area contributed by atoms with Crippen LogP contribution in [0.15, 0.2) is 0 Å². The molecule has 0 bridgehead atoms. The van der Waals surface area contributed by atoms with Gasteiger partial charge in [-0.3, -0.25) is 4.79 Å². The molecule has 0 unspecified atom stereocenters. The number of thioether (sulfide) groups is 1. The summed E-state index contributed by atoms with van der Waals surface area (Å²) in [6.07, 6.45) is 31.7. The molecule has 4 saturated carbocycles. The number of hydrogen-bond acceptors (Lipinski definition) is 2. The number of Topliss-reactive ketones (excluding diaryl/α,β-unsaturated/α-hetero) is 1. The first-order chi connectivity index (χ1) is 13.1. The third kappa shape index (κ3) is 11.5. The minimum Gasteiger partial charge on any atom is -0.298 e. The van der Waals surface area contributed by atoms with E-state index in [1.54, 1.807) is 11.8 Å². The number of ketones is 1. The standard InChI is InChI=1S/C15H16OS.2C5H5.2Fe/c1-10(2)17-14-9-5-8-13(14)15(16)12-7-4-6-11(12)3;2*1-2-4-5-3-1;;/h4-10H,1-3H3;2*1-5H;;/q;;;2*+2. The van der Waals surface area contributed by atoms with Crippen LogP contribution in [0.1, 0.15) is 20.8 Å². The predicted molar refractivity (Wildman–Crippen MR) is 115 cm³/mol. The molecule has 0 spiro atoms. The van der Waals surface area contributed by atoms with Crippen molar-refractivity contribution in [1.29, 1.82) is 0 Å². The Morgan fingerprint density at radius 2 is 1.07 bits per heavy atom. The van der Waals surface area contributed by atoms with Crippen molar-refractivity contribution in [1.82, 2.24) is 0 Å². The van der Waals surface area contributed by atoms with E-state index in [-0.39, 0.29) is 39.9 Å². The van der Waals surface area contributed by atoms with Crippen LogP contribution in [0, 0.1) is 126 Å². The van der Waals surface area contributed by atoms with Gasteiger partial charge in [0.05, 0.1) is 11.8 Å². The van der Waals surface area contributed by atoms with Gasteiger partial charge in [-0.15, -0.1) is 11.8 Å². The van der Waals surface area contributed by atoms with E-state index in [1.165, 1.54) is 0 Å². The maximum atomic E-state index is 12.4. The normalized spacial score (nSPS) is 23.0. The van der Waals surface area contributed by atoms with Crippen LogP contribution >= 0.6 is 11.8 Å². The van der Waals surface area contributed by atoms with E-state index in [4.69, 9.17) is 0 Å². The fraction of sp³-hybridized carbons (Fsp3) is 0.160. The Morgan fingerprint density at radius 1 is 0.655 bits per heavy atom. The molecule has 20 radical (unpaired) electrons. The van der Waals surface area contributed by atoms with E-state index in [0.717, 1.165) is 23.0 Å². The van der Waals surface area contributed by atoms with Crippen molar-refractivity contribution in [3.63, 3.8) is 0 Å². The largest absolute Gasteiger partial charge is 2.00 e. The average molecular weight is 486 g/mol. The van der Waals surface area contributed by atoms with Gasteiger partial charge in [-0.1, -0.05) is 20.8 Å². The van der Waals surface area contributed by atoms with Crippen molar-refractivity contribution in [2.45, 2.75) is 26.0 Å². The second kappa shape index (κ2) is 17.6. The molecule has 4 aliphatic carbocycles. The summed E-state index contributed by atoms with van der Waals surface area (Å²) >= 11 is 1.74. The molecule has 0 amide bonds. The molecule has 150 valence electrons. The summed E-state index contributed by atoms with van der Waals surface area (Å²) in [7, 11) is 0. The van der Waals surface area contributed by atoms with Gasteiger partial charge in [-0.2, -0.15) is 0 Å². The van der Waals surface area contributed by atoms with Gasteiger partial charge in [0.2, 0.25) is 0 Å². The van der Waals surface area contributed by atoms with Gasteiger partial charge < -0.3 is 0 Å². The second-order valence-electron chi connectivity index (χ2n) is 6.35. The van der Waals surface area contributed by atoms with Gasteiger partial charge in [0.15, 0.2) is 0 Å². The summed E-state index contributed by atoms with van der Waals surface area (Å²) < 4.78 is 0. The topological polar surface area (TPSA) is 17.1 Å². The Labute approximate surface area is 207 Å². The molecule has 4 aliphatic rings. The zero-order valence-electron chi connectivity index (χ0n) is 16.8. The van der Waals surface area contributed by atoms with Gasteiger partial charge in [0, 0.05) is 5.25 Å². The minimum absolute atomic E-state index is 0. The van der Waals surface area contributed by atoms with Crippen molar-refractivity contribution < 1.29 is 38.9 Å².